The summed E-state index contributed by atoms with van der Waals surface area (Å²) in [6.07, 6.45) is -1.39. The van der Waals surface area contributed by atoms with Crippen molar-refractivity contribution in [3.63, 3.8) is 0 Å². The number of nitrogens with zero attached hydrogens (tertiary/aromatic N) is 2. The minimum atomic E-state index is -2.65. The Bertz CT molecular complexity index is 385. The zero-order chi connectivity index (χ0) is 10.7. The highest BCUT2D eigenvalue weighted by Crippen LogP contribution is 2.28. The first kappa shape index (κ1) is 10.9. The highest BCUT2D eigenvalue weighted by Gasteiger charge is 2.19. The minimum Gasteiger partial charge on any atom is -0.260 e. The fourth-order valence-electron chi connectivity index (χ4n) is 1.20. The molecule has 0 aromatic carbocycles. The van der Waals surface area contributed by atoms with Crippen LogP contribution >= 0.6 is 11.6 Å². The van der Waals surface area contributed by atoms with Crippen LogP contribution in [0.15, 0.2) is 6.20 Å². The lowest BCUT2D eigenvalue weighted by molar-refractivity contribution is 0.149. The Balaban J connectivity index is 3.45. The summed E-state index contributed by atoms with van der Waals surface area (Å²) in [5, 5.41) is 8.65. The SMILES string of the molecule is Cc1ncc(C#N)c(CCl)c1C(F)F. The number of rotatable bonds is 2. The van der Waals surface area contributed by atoms with Crippen LogP contribution in [-0.2, 0) is 5.88 Å². The predicted octanol–water partition coefficient (Wildman–Crippen LogP) is 2.94. The summed E-state index contributed by atoms with van der Waals surface area (Å²) in [6, 6.07) is 1.79. The molecule has 1 heterocycles. The lowest BCUT2D eigenvalue weighted by atomic mass is 10.0. The number of hydrogen-bond acceptors (Lipinski definition) is 2. The summed E-state index contributed by atoms with van der Waals surface area (Å²) in [6.45, 7) is 1.47. The first-order valence-electron chi connectivity index (χ1n) is 3.84. The van der Waals surface area contributed by atoms with Gasteiger partial charge in [-0.1, -0.05) is 0 Å². The molecule has 0 unspecified atom stereocenters. The van der Waals surface area contributed by atoms with E-state index >= 15 is 0 Å². The number of alkyl halides is 3. The van der Waals surface area contributed by atoms with Crippen LogP contribution in [0.2, 0.25) is 0 Å². The Labute approximate surface area is 85.1 Å². The number of nitriles is 1. The lowest BCUT2D eigenvalue weighted by Gasteiger charge is -2.09. The van der Waals surface area contributed by atoms with Crippen LogP contribution in [0.1, 0.15) is 28.8 Å². The second-order valence-corrected chi connectivity index (χ2v) is 2.96. The highest BCUT2D eigenvalue weighted by molar-refractivity contribution is 6.17. The third kappa shape index (κ3) is 1.83. The first-order chi connectivity index (χ1) is 6.61. The third-order valence-electron chi connectivity index (χ3n) is 1.90. The number of aryl methyl sites for hydroxylation is 1. The monoisotopic (exact) mass is 216 g/mol. The topological polar surface area (TPSA) is 36.7 Å². The van der Waals surface area contributed by atoms with Crippen molar-refractivity contribution >= 4 is 11.6 Å². The predicted molar refractivity (Wildman–Crippen MR) is 48.2 cm³/mol. The van der Waals surface area contributed by atoms with Crippen molar-refractivity contribution < 1.29 is 8.78 Å². The number of hydrogen-bond donors (Lipinski definition) is 0. The number of halogens is 3. The Kier molecular flexibility index (Phi) is 3.37. The van der Waals surface area contributed by atoms with Gasteiger partial charge in [-0.25, -0.2) is 8.78 Å². The van der Waals surface area contributed by atoms with Crippen LogP contribution in [0.3, 0.4) is 0 Å². The van der Waals surface area contributed by atoms with Gasteiger partial charge in [-0.15, -0.1) is 11.6 Å². The van der Waals surface area contributed by atoms with Gasteiger partial charge in [0.05, 0.1) is 5.56 Å². The molecule has 0 saturated carbocycles. The van der Waals surface area contributed by atoms with E-state index in [4.69, 9.17) is 16.9 Å². The average molecular weight is 217 g/mol. The van der Waals surface area contributed by atoms with Gasteiger partial charge in [-0.05, 0) is 12.5 Å². The molecule has 0 amide bonds. The van der Waals surface area contributed by atoms with Gasteiger partial charge in [-0.2, -0.15) is 5.26 Å². The van der Waals surface area contributed by atoms with Crippen molar-refractivity contribution in [1.29, 1.82) is 5.26 Å². The molecule has 0 fully saturated rings. The number of pyridine rings is 1. The van der Waals surface area contributed by atoms with E-state index in [1.54, 1.807) is 6.07 Å². The Hall–Kier alpha value is -1.21. The maximum absolute atomic E-state index is 12.6. The van der Waals surface area contributed by atoms with Gasteiger partial charge in [0.1, 0.15) is 6.07 Å². The standard InChI is InChI=1S/C9H7ClF2N2/c1-5-8(9(11)12)7(2-10)6(3-13)4-14-5/h4,9H,2H2,1H3. The second kappa shape index (κ2) is 4.34. The van der Waals surface area contributed by atoms with Gasteiger partial charge >= 0.3 is 0 Å². The minimum absolute atomic E-state index is 0.105. The van der Waals surface area contributed by atoms with Crippen molar-refractivity contribution in [2.45, 2.75) is 19.2 Å². The fraction of sp³-hybridized carbons (Fsp3) is 0.333. The summed E-state index contributed by atoms with van der Waals surface area (Å²) in [4.78, 5) is 3.72. The Morgan fingerprint density at radius 2 is 2.29 bits per heavy atom. The quantitative estimate of drug-likeness (QED) is 0.713. The van der Waals surface area contributed by atoms with Crippen molar-refractivity contribution in [2.24, 2.45) is 0 Å². The average Bonchev–Trinajstić information content (AvgIpc) is 2.16. The number of aromatic nitrogens is 1. The zero-order valence-corrected chi connectivity index (χ0v) is 8.15. The van der Waals surface area contributed by atoms with Gasteiger partial charge in [-0.3, -0.25) is 4.98 Å². The maximum atomic E-state index is 12.6. The highest BCUT2D eigenvalue weighted by atomic mass is 35.5. The molecule has 0 bridgehead atoms. The van der Waals surface area contributed by atoms with E-state index in [-0.39, 0.29) is 28.3 Å². The molecule has 0 N–H and O–H groups in total. The van der Waals surface area contributed by atoms with E-state index < -0.39 is 6.43 Å². The molecule has 14 heavy (non-hydrogen) atoms. The van der Waals surface area contributed by atoms with Crippen LogP contribution < -0.4 is 0 Å². The van der Waals surface area contributed by atoms with E-state index in [0.717, 1.165) is 0 Å². The van der Waals surface area contributed by atoms with Crippen molar-refractivity contribution in [3.05, 3.63) is 28.6 Å². The fourth-order valence-corrected chi connectivity index (χ4v) is 1.49. The summed E-state index contributed by atoms with van der Waals surface area (Å²) < 4.78 is 25.2. The summed E-state index contributed by atoms with van der Waals surface area (Å²) in [7, 11) is 0. The molecular formula is C9H7ClF2N2. The molecule has 0 aliphatic carbocycles. The van der Waals surface area contributed by atoms with E-state index in [1.807, 2.05) is 0 Å². The molecule has 0 aliphatic rings. The molecule has 0 atom stereocenters. The van der Waals surface area contributed by atoms with Crippen LogP contribution in [0.4, 0.5) is 8.78 Å². The maximum Gasteiger partial charge on any atom is 0.265 e. The molecule has 5 heteroatoms. The van der Waals surface area contributed by atoms with Gasteiger partial charge in [0.2, 0.25) is 0 Å². The largest absolute Gasteiger partial charge is 0.265 e. The molecule has 0 aliphatic heterocycles. The molecule has 0 radical (unpaired) electrons. The molecule has 0 saturated heterocycles. The zero-order valence-electron chi connectivity index (χ0n) is 7.39. The van der Waals surface area contributed by atoms with Crippen molar-refractivity contribution in [3.8, 4) is 6.07 Å². The first-order valence-corrected chi connectivity index (χ1v) is 4.37. The van der Waals surface area contributed by atoms with Crippen LogP contribution in [0.25, 0.3) is 0 Å². The second-order valence-electron chi connectivity index (χ2n) is 2.70. The van der Waals surface area contributed by atoms with Crippen molar-refractivity contribution in [1.82, 2.24) is 4.98 Å². The molecule has 1 aromatic rings. The third-order valence-corrected chi connectivity index (χ3v) is 2.17. The van der Waals surface area contributed by atoms with E-state index in [0.29, 0.717) is 0 Å². The summed E-state index contributed by atoms with van der Waals surface area (Å²) in [5.41, 5.74) is 0.284. The van der Waals surface area contributed by atoms with Gasteiger partial charge < -0.3 is 0 Å². The molecular weight excluding hydrogens is 210 g/mol. The van der Waals surface area contributed by atoms with Crippen LogP contribution in [-0.4, -0.2) is 4.98 Å². The smallest absolute Gasteiger partial charge is 0.260 e. The summed E-state index contributed by atoms with van der Waals surface area (Å²) >= 11 is 5.52. The van der Waals surface area contributed by atoms with E-state index in [1.165, 1.54) is 13.1 Å². The molecule has 2 nitrogen and oxygen atoms in total. The van der Waals surface area contributed by atoms with Gasteiger partial charge in [0.25, 0.3) is 6.43 Å². The van der Waals surface area contributed by atoms with Gasteiger partial charge in [0.15, 0.2) is 0 Å². The molecule has 74 valence electrons. The summed E-state index contributed by atoms with van der Waals surface area (Å²) in [5.74, 6) is -0.105. The Morgan fingerprint density at radius 3 is 2.71 bits per heavy atom. The van der Waals surface area contributed by atoms with Gasteiger partial charge in [0, 0.05) is 23.3 Å². The normalized spacial score (nSPS) is 10.3. The van der Waals surface area contributed by atoms with Crippen LogP contribution in [0, 0.1) is 18.3 Å². The molecule has 0 spiro atoms. The molecule has 1 aromatic heterocycles. The van der Waals surface area contributed by atoms with Crippen molar-refractivity contribution in [2.75, 3.05) is 0 Å². The lowest BCUT2D eigenvalue weighted by Crippen LogP contribution is -2.02. The van der Waals surface area contributed by atoms with E-state index in [2.05, 4.69) is 4.98 Å². The Morgan fingerprint density at radius 1 is 1.64 bits per heavy atom. The van der Waals surface area contributed by atoms with E-state index in [9.17, 15) is 8.78 Å². The molecule has 1 rings (SSSR count). The van der Waals surface area contributed by atoms with Crippen LogP contribution in [0.5, 0.6) is 0 Å².